The second-order valence-electron chi connectivity index (χ2n) is 6.76. The number of fused-ring (bicyclic) bond motifs is 1. The average Bonchev–Trinajstić information content (AvgIpc) is 3.34. The maximum atomic E-state index is 12.5. The van der Waals surface area contributed by atoms with Crippen LogP contribution < -0.4 is 10.6 Å². The topological polar surface area (TPSA) is 120 Å². The number of imidazole rings is 1. The van der Waals surface area contributed by atoms with Gasteiger partial charge in [-0.15, -0.1) is 5.10 Å². The summed E-state index contributed by atoms with van der Waals surface area (Å²) in [5, 5.41) is 17.3. The van der Waals surface area contributed by atoms with E-state index in [2.05, 4.69) is 31.1 Å². The second kappa shape index (κ2) is 8.96. The van der Waals surface area contributed by atoms with Gasteiger partial charge in [0.1, 0.15) is 5.82 Å². The number of carbonyl (C=O) groups is 2. The first-order chi connectivity index (χ1) is 15.0. The summed E-state index contributed by atoms with van der Waals surface area (Å²) in [7, 11) is 3.63. The zero-order valence-electron chi connectivity index (χ0n) is 16.9. The van der Waals surface area contributed by atoms with Crippen molar-refractivity contribution in [1.29, 1.82) is 0 Å². The molecular formula is C20H20N8O2S. The lowest BCUT2D eigenvalue weighted by atomic mass is 10.2. The van der Waals surface area contributed by atoms with Crippen LogP contribution in [-0.2, 0) is 25.4 Å². The molecule has 2 heterocycles. The van der Waals surface area contributed by atoms with Crippen LogP contribution >= 0.6 is 11.8 Å². The van der Waals surface area contributed by atoms with Gasteiger partial charge in [-0.1, -0.05) is 23.9 Å². The molecule has 0 spiro atoms. The molecule has 31 heavy (non-hydrogen) atoms. The van der Waals surface area contributed by atoms with Gasteiger partial charge in [0, 0.05) is 25.3 Å². The zero-order valence-corrected chi connectivity index (χ0v) is 17.8. The quantitative estimate of drug-likeness (QED) is 0.424. The molecule has 158 valence electrons. The molecule has 10 nitrogen and oxygen atoms in total. The van der Waals surface area contributed by atoms with Crippen LogP contribution in [0.4, 0.5) is 5.69 Å². The van der Waals surface area contributed by atoms with E-state index in [1.807, 2.05) is 35.9 Å². The van der Waals surface area contributed by atoms with Crippen LogP contribution in [0, 0.1) is 0 Å². The molecule has 2 aromatic carbocycles. The van der Waals surface area contributed by atoms with Crippen LogP contribution in [0.2, 0.25) is 0 Å². The predicted molar refractivity (Wildman–Crippen MR) is 116 cm³/mol. The van der Waals surface area contributed by atoms with E-state index in [0.717, 1.165) is 16.9 Å². The van der Waals surface area contributed by atoms with E-state index in [1.54, 1.807) is 31.3 Å². The van der Waals surface area contributed by atoms with Crippen LogP contribution in [0.25, 0.3) is 11.0 Å². The lowest BCUT2D eigenvalue weighted by molar-refractivity contribution is -0.113. The monoisotopic (exact) mass is 436 g/mol. The van der Waals surface area contributed by atoms with Crippen LogP contribution in [-0.4, -0.2) is 47.3 Å². The van der Waals surface area contributed by atoms with E-state index >= 15 is 0 Å². The minimum Gasteiger partial charge on any atom is -0.345 e. The molecule has 0 radical (unpaired) electrons. The Labute approximate surface area is 182 Å². The SMILES string of the molecule is Cn1nnnc1SCC(=O)Nc1ccc(C(=O)NCc2nc3ccccc3n2C)cc1. The molecule has 0 atom stereocenters. The number of carbonyl (C=O) groups excluding carboxylic acids is 2. The smallest absolute Gasteiger partial charge is 0.251 e. The second-order valence-corrected chi connectivity index (χ2v) is 7.70. The van der Waals surface area contributed by atoms with Crippen molar-refractivity contribution in [3.63, 3.8) is 0 Å². The van der Waals surface area contributed by atoms with Gasteiger partial charge in [-0.25, -0.2) is 9.67 Å². The fourth-order valence-corrected chi connectivity index (χ4v) is 3.64. The van der Waals surface area contributed by atoms with E-state index in [1.165, 1.54) is 16.4 Å². The Morgan fingerprint density at radius 3 is 2.55 bits per heavy atom. The Bertz CT molecular complexity index is 1230. The Balaban J connectivity index is 1.30. The number of benzene rings is 2. The average molecular weight is 437 g/mol. The number of aromatic nitrogens is 6. The number of para-hydroxylation sites is 2. The fraction of sp³-hybridized carbons (Fsp3) is 0.200. The summed E-state index contributed by atoms with van der Waals surface area (Å²) in [5.74, 6) is 0.547. The number of aryl methyl sites for hydroxylation is 2. The minimum atomic E-state index is -0.213. The first-order valence-electron chi connectivity index (χ1n) is 9.45. The van der Waals surface area contributed by atoms with Crippen LogP contribution in [0.3, 0.4) is 0 Å². The Kier molecular flexibility index (Phi) is 5.94. The van der Waals surface area contributed by atoms with Crippen LogP contribution in [0.5, 0.6) is 0 Å². The summed E-state index contributed by atoms with van der Waals surface area (Å²) in [4.78, 5) is 29.1. The van der Waals surface area contributed by atoms with Gasteiger partial charge >= 0.3 is 0 Å². The number of anilines is 1. The highest BCUT2D eigenvalue weighted by molar-refractivity contribution is 7.99. The molecule has 0 aliphatic heterocycles. The third-order valence-electron chi connectivity index (χ3n) is 4.63. The summed E-state index contributed by atoms with van der Waals surface area (Å²) in [5.41, 5.74) is 3.01. The Morgan fingerprint density at radius 2 is 1.84 bits per heavy atom. The van der Waals surface area contributed by atoms with Crippen molar-refractivity contribution in [2.75, 3.05) is 11.1 Å². The number of amides is 2. The number of thioether (sulfide) groups is 1. The fourth-order valence-electron chi connectivity index (χ4n) is 2.99. The number of tetrazole rings is 1. The summed E-state index contributed by atoms with van der Waals surface area (Å²) in [6, 6.07) is 14.5. The van der Waals surface area contributed by atoms with Gasteiger partial charge in [0.25, 0.3) is 5.91 Å². The normalized spacial score (nSPS) is 10.9. The third-order valence-corrected chi connectivity index (χ3v) is 5.64. The highest BCUT2D eigenvalue weighted by atomic mass is 32.2. The molecule has 0 aliphatic carbocycles. The molecule has 2 N–H and O–H groups in total. The van der Waals surface area contributed by atoms with E-state index in [9.17, 15) is 9.59 Å². The van der Waals surface area contributed by atoms with Crippen molar-refractivity contribution in [3.05, 3.63) is 59.9 Å². The van der Waals surface area contributed by atoms with Gasteiger partial charge in [0.15, 0.2) is 0 Å². The molecule has 0 saturated heterocycles. The van der Waals surface area contributed by atoms with E-state index < -0.39 is 0 Å². The maximum absolute atomic E-state index is 12.5. The summed E-state index contributed by atoms with van der Waals surface area (Å²) in [6.45, 7) is 0.316. The van der Waals surface area contributed by atoms with Crippen LogP contribution in [0.1, 0.15) is 16.2 Å². The third kappa shape index (κ3) is 4.72. The first kappa shape index (κ1) is 20.5. The van der Waals surface area contributed by atoms with Gasteiger partial charge in [-0.2, -0.15) is 0 Å². The predicted octanol–water partition coefficient (Wildman–Crippen LogP) is 1.76. The molecule has 0 aliphatic rings. The minimum absolute atomic E-state index is 0.175. The highest BCUT2D eigenvalue weighted by Gasteiger charge is 2.11. The largest absolute Gasteiger partial charge is 0.345 e. The molecular weight excluding hydrogens is 416 g/mol. The molecule has 4 aromatic rings. The van der Waals surface area contributed by atoms with Crippen molar-refractivity contribution in [2.45, 2.75) is 11.7 Å². The number of hydrogen-bond donors (Lipinski definition) is 2. The number of nitrogens with one attached hydrogen (secondary N) is 2. The number of rotatable bonds is 7. The Hall–Kier alpha value is -3.73. The molecule has 0 fully saturated rings. The number of nitrogens with zero attached hydrogens (tertiary/aromatic N) is 6. The molecule has 2 amide bonds. The highest BCUT2D eigenvalue weighted by Crippen LogP contribution is 2.16. The van der Waals surface area contributed by atoms with Crippen molar-refractivity contribution in [3.8, 4) is 0 Å². The van der Waals surface area contributed by atoms with E-state index in [4.69, 9.17) is 0 Å². The molecule has 0 bridgehead atoms. The molecule has 11 heteroatoms. The zero-order chi connectivity index (χ0) is 21.8. The number of hydrogen-bond acceptors (Lipinski definition) is 7. The lowest BCUT2D eigenvalue weighted by Gasteiger charge is -2.08. The molecule has 0 saturated carbocycles. The lowest BCUT2D eigenvalue weighted by Crippen LogP contribution is -2.24. The van der Waals surface area contributed by atoms with Gasteiger partial charge in [-0.3, -0.25) is 9.59 Å². The van der Waals surface area contributed by atoms with Gasteiger partial charge in [0.05, 0.1) is 23.3 Å². The van der Waals surface area contributed by atoms with Crippen molar-refractivity contribution >= 4 is 40.3 Å². The van der Waals surface area contributed by atoms with Gasteiger partial charge in [0.2, 0.25) is 11.1 Å². The molecule has 0 unspecified atom stereocenters. The van der Waals surface area contributed by atoms with Crippen LogP contribution in [0.15, 0.2) is 53.7 Å². The van der Waals surface area contributed by atoms with Gasteiger partial charge in [-0.05, 0) is 46.8 Å². The summed E-state index contributed by atoms with van der Waals surface area (Å²) >= 11 is 1.24. The Morgan fingerprint density at radius 1 is 1.06 bits per heavy atom. The van der Waals surface area contributed by atoms with Crippen molar-refractivity contribution < 1.29 is 9.59 Å². The van der Waals surface area contributed by atoms with E-state index in [0.29, 0.717) is 23.0 Å². The summed E-state index contributed by atoms with van der Waals surface area (Å²) < 4.78 is 3.46. The molecule has 2 aromatic heterocycles. The van der Waals surface area contributed by atoms with Crippen molar-refractivity contribution in [1.82, 2.24) is 35.1 Å². The van der Waals surface area contributed by atoms with Crippen molar-refractivity contribution in [2.24, 2.45) is 14.1 Å². The molecule has 4 rings (SSSR count). The standard InChI is InChI=1S/C20H20N8O2S/c1-27-16-6-4-3-5-15(16)23-17(27)11-21-19(30)13-7-9-14(10-8-13)22-18(29)12-31-20-24-25-26-28(20)2/h3-10H,11-12H2,1-2H3,(H,21,30)(H,22,29). The maximum Gasteiger partial charge on any atom is 0.251 e. The van der Waals surface area contributed by atoms with E-state index in [-0.39, 0.29) is 17.6 Å². The summed E-state index contributed by atoms with van der Waals surface area (Å²) in [6.07, 6.45) is 0. The van der Waals surface area contributed by atoms with Gasteiger partial charge < -0.3 is 15.2 Å². The first-order valence-corrected chi connectivity index (χ1v) is 10.4.